The van der Waals surface area contributed by atoms with Crippen LogP contribution in [0.2, 0.25) is 5.02 Å². The van der Waals surface area contributed by atoms with Gasteiger partial charge in [-0.05, 0) is 6.07 Å². The van der Waals surface area contributed by atoms with Gasteiger partial charge in [-0.1, -0.05) is 11.6 Å². The van der Waals surface area contributed by atoms with Crippen LogP contribution in [0.15, 0.2) is 11.1 Å². The second-order valence-electron chi connectivity index (χ2n) is 3.74. The number of hydrogen-bond acceptors (Lipinski definition) is 3. The molecule has 6 heteroatoms. The van der Waals surface area contributed by atoms with E-state index in [4.69, 9.17) is 16.3 Å². The fraction of sp³-hybridized carbons (Fsp3) is 0.273. The Bertz CT molecular complexity index is 635. The molecule has 0 saturated heterocycles. The Labute approximate surface area is 102 Å². The number of rotatable bonds is 1. The zero-order valence-electron chi connectivity index (χ0n) is 9.07. The maximum atomic E-state index is 14.1. The van der Waals surface area contributed by atoms with E-state index >= 15 is 0 Å². The lowest BCUT2D eigenvalue weighted by Crippen LogP contribution is -2.11. The van der Waals surface area contributed by atoms with E-state index in [9.17, 15) is 4.39 Å². The summed E-state index contributed by atoms with van der Waals surface area (Å²) < 4.78 is 20.9. The molecule has 17 heavy (non-hydrogen) atoms. The molecule has 0 bridgehead atoms. The van der Waals surface area contributed by atoms with Gasteiger partial charge in [-0.2, -0.15) is 4.98 Å². The maximum Gasteiger partial charge on any atom is 0.234 e. The van der Waals surface area contributed by atoms with Crippen molar-refractivity contribution in [3.63, 3.8) is 0 Å². The van der Waals surface area contributed by atoms with Crippen LogP contribution in [-0.4, -0.2) is 29.4 Å². The van der Waals surface area contributed by atoms with Crippen molar-refractivity contribution in [1.82, 2.24) is 9.55 Å². The number of nitrogens with zero attached hydrogens (tertiary/aromatic N) is 3. The number of hydrogen-bond donors (Lipinski definition) is 0. The number of methoxy groups -OCH3 is 1. The molecule has 0 aliphatic carbocycles. The van der Waals surface area contributed by atoms with Gasteiger partial charge in [-0.3, -0.25) is 4.99 Å². The zero-order chi connectivity index (χ0) is 12.0. The van der Waals surface area contributed by atoms with Gasteiger partial charge < -0.3 is 9.30 Å². The van der Waals surface area contributed by atoms with E-state index in [0.717, 1.165) is 0 Å². The van der Waals surface area contributed by atoms with Crippen LogP contribution in [0.25, 0.3) is 11.0 Å². The molecule has 3 heterocycles. The Balaban J connectivity index is 2.39. The second kappa shape index (κ2) is 3.70. The molecule has 1 aliphatic heterocycles. The minimum absolute atomic E-state index is 0.304. The average Bonchev–Trinajstić information content (AvgIpc) is 2.63. The number of aliphatic imine (C=N–C) groups is 1. The summed E-state index contributed by atoms with van der Waals surface area (Å²) >= 11 is 5.94. The Morgan fingerprint density at radius 1 is 1.53 bits per heavy atom. The highest BCUT2D eigenvalue weighted by atomic mass is 35.5. The molecule has 0 spiro atoms. The normalized spacial score (nSPS) is 14.1. The first-order valence-corrected chi connectivity index (χ1v) is 5.52. The zero-order valence-corrected chi connectivity index (χ0v) is 9.83. The lowest BCUT2D eigenvalue weighted by molar-refractivity contribution is 0.399. The largest absolute Gasteiger partial charge is 0.480 e. The van der Waals surface area contributed by atoms with Gasteiger partial charge in [0, 0.05) is 12.8 Å². The lowest BCUT2D eigenvalue weighted by atomic mass is 10.3. The number of aromatic nitrogens is 2. The smallest absolute Gasteiger partial charge is 0.234 e. The summed E-state index contributed by atoms with van der Waals surface area (Å²) in [6, 6.07) is 1.54. The molecule has 0 atom stereocenters. The van der Waals surface area contributed by atoms with Crippen LogP contribution >= 0.6 is 11.6 Å². The molecular weight excluding hydrogens is 245 g/mol. The van der Waals surface area contributed by atoms with E-state index in [-0.39, 0.29) is 5.82 Å². The monoisotopic (exact) mass is 253 g/mol. The molecule has 2 aromatic rings. The SMILES string of the molecule is COc1nc2c(cc1Cl)c(F)c1n2CCN=C1. The van der Waals surface area contributed by atoms with Crippen LogP contribution < -0.4 is 4.74 Å². The van der Waals surface area contributed by atoms with Crippen molar-refractivity contribution < 1.29 is 9.13 Å². The summed E-state index contributed by atoms with van der Waals surface area (Å²) in [5, 5.41) is 0.706. The molecule has 88 valence electrons. The van der Waals surface area contributed by atoms with E-state index in [1.165, 1.54) is 19.4 Å². The lowest BCUT2D eigenvalue weighted by Gasteiger charge is -2.09. The topological polar surface area (TPSA) is 39.4 Å². The number of halogens is 2. The van der Waals surface area contributed by atoms with Gasteiger partial charge in [-0.15, -0.1) is 0 Å². The van der Waals surface area contributed by atoms with Crippen LogP contribution in [0.5, 0.6) is 5.88 Å². The van der Waals surface area contributed by atoms with Crippen molar-refractivity contribution in [1.29, 1.82) is 0 Å². The van der Waals surface area contributed by atoms with Gasteiger partial charge in [0.25, 0.3) is 0 Å². The van der Waals surface area contributed by atoms with Gasteiger partial charge in [0.2, 0.25) is 5.88 Å². The third kappa shape index (κ3) is 1.42. The summed E-state index contributed by atoms with van der Waals surface area (Å²) in [7, 11) is 1.48. The van der Waals surface area contributed by atoms with Crippen molar-refractivity contribution in [2.45, 2.75) is 6.54 Å². The molecule has 1 aliphatic rings. The summed E-state index contributed by atoms with van der Waals surface area (Å²) in [5.74, 6) is -0.0255. The van der Waals surface area contributed by atoms with Crippen molar-refractivity contribution >= 4 is 28.8 Å². The first-order valence-electron chi connectivity index (χ1n) is 5.14. The second-order valence-corrected chi connectivity index (χ2v) is 4.14. The van der Waals surface area contributed by atoms with Crippen LogP contribution in [0.4, 0.5) is 4.39 Å². The van der Waals surface area contributed by atoms with E-state index in [0.29, 0.717) is 40.7 Å². The predicted octanol–water partition coefficient (Wildman–Crippen LogP) is 2.27. The number of fused-ring (bicyclic) bond motifs is 3. The van der Waals surface area contributed by atoms with Crippen LogP contribution in [0.1, 0.15) is 5.69 Å². The van der Waals surface area contributed by atoms with E-state index in [1.807, 2.05) is 0 Å². The summed E-state index contributed by atoms with van der Waals surface area (Å²) in [5.41, 5.74) is 0.993. The molecule has 0 saturated carbocycles. The predicted molar refractivity (Wildman–Crippen MR) is 63.7 cm³/mol. The van der Waals surface area contributed by atoms with Crippen molar-refractivity contribution in [3.8, 4) is 5.88 Å². The minimum Gasteiger partial charge on any atom is -0.480 e. The van der Waals surface area contributed by atoms with E-state index < -0.39 is 0 Å². The van der Waals surface area contributed by atoms with Crippen LogP contribution in [-0.2, 0) is 6.54 Å². The summed E-state index contributed by atoms with van der Waals surface area (Å²) in [6.07, 6.45) is 1.53. The van der Waals surface area contributed by atoms with Gasteiger partial charge in [0.05, 0.1) is 24.7 Å². The standard InChI is InChI=1S/C11H9ClFN3O/c1-17-11-7(12)4-6-9(13)8-5-14-2-3-16(8)10(6)15-11/h4-5H,2-3H2,1H3. The molecule has 0 unspecified atom stereocenters. The minimum atomic E-state index is -0.333. The van der Waals surface area contributed by atoms with Crippen LogP contribution in [0.3, 0.4) is 0 Å². The third-order valence-electron chi connectivity index (χ3n) is 2.79. The van der Waals surface area contributed by atoms with Crippen LogP contribution in [0, 0.1) is 5.82 Å². The molecular formula is C11H9ClFN3O. The highest BCUT2D eigenvalue weighted by Gasteiger charge is 2.20. The Hall–Kier alpha value is -1.62. The van der Waals surface area contributed by atoms with Gasteiger partial charge in [-0.25, -0.2) is 4.39 Å². The molecule has 0 N–H and O–H groups in total. The Morgan fingerprint density at radius 3 is 3.12 bits per heavy atom. The first kappa shape index (κ1) is 10.5. The fourth-order valence-electron chi connectivity index (χ4n) is 2.01. The maximum absolute atomic E-state index is 14.1. The summed E-state index contributed by atoms with van der Waals surface area (Å²) in [6.45, 7) is 1.24. The highest BCUT2D eigenvalue weighted by molar-refractivity contribution is 6.32. The van der Waals surface area contributed by atoms with Crippen molar-refractivity contribution in [3.05, 3.63) is 22.6 Å². The molecule has 0 radical (unpaired) electrons. The average molecular weight is 254 g/mol. The number of ether oxygens (including phenoxy) is 1. The fourth-order valence-corrected chi connectivity index (χ4v) is 2.23. The quantitative estimate of drug-likeness (QED) is 0.782. The summed E-state index contributed by atoms with van der Waals surface area (Å²) in [4.78, 5) is 8.30. The highest BCUT2D eigenvalue weighted by Crippen LogP contribution is 2.31. The Morgan fingerprint density at radius 2 is 2.35 bits per heavy atom. The van der Waals surface area contributed by atoms with E-state index in [2.05, 4.69) is 9.98 Å². The molecule has 0 fully saturated rings. The third-order valence-corrected chi connectivity index (χ3v) is 3.06. The molecule has 0 amide bonds. The molecule has 2 aromatic heterocycles. The van der Waals surface area contributed by atoms with Gasteiger partial charge >= 0.3 is 0 Å². The number of pyridine rings is 1. The Kier molecular flexibility index (Phi) is 2.29. The van der Waals surface area contributed by atoms with Crippen molar-refractivity contribution in [2.75, 3.05) is 13.7 Å². The van der Waals surface area contributed by atoms with Gasteiger partial charge in [0.15, 0.2) is 5.82 Å². The molecule has 0 aromatic carbocycles. The van der Waals surface area contributed by atoms with E-state index in [1.54, 1.807) is 4.57 Å². The van der Waals surface area contributed by atoms with Crippen molar-refractivity contribution in [2.24, 2.45) is 4.99 Å². The first-order chi connectivity index (χ1) is 8.22. The molecule has 3 rings (SSSR count). The molecule has 4 nitrogen and oxygen atoms in total. The van der Waals surface area contributed by atoms with Gasteiger partial charge in [0.1, 0.15) is 10.7 Å².